The number of rotatable bonds is 4. The van der Waals surface area contributed by atoms with E-state index in [9.17, 15) is 4.79 Å². The summed E-state index contributed by atoms with van der Waals surface area (Å²) in [5.74, 6) is -0.377. The van der Waals surface area contributed by atoms with Crippen LogP contribution in [0.15, 0.2) is 24.4 Å². The van der Waals surface area contributed by atoms with E-state index in [2.05, 4.69) is 4.98 Å². The fraction of sp³-hybridized carbons (Fsp3) is 0.400. The van der Waals surface area contributed by atoms with E-state index in [4.69, 9.17) is 10.5 Å². The average Bonchev–Trinajstić information content (AvgIpc) is 2.19. The summed E-state index contributed by atoms with van der Waals surface area (Å²) in [6.07, 6.45) is 2.09. The monoisotopic (exact) mass is 266 g/mol. The highest BCUT2D eigenvalue weighted by Crippen LogP contribution is 1.99. The molecule has 0 unspecified atom stereocenters. The summed E-state index contributed by atoms with van der Waals surface area (Å²) >= 11 is 0. The van der Waals surface area contributed by atoms with Crippen LogP contribution < -0.4 is 5.73 Å². The Kier molecular flexibility index (Phi) is 10.3. The molecule has 0 saturated heterocycles. The molecule has 92 valence electrons. The fourth-order valence-corrected chi connectivity index (χ4v) is 1.08. The number of aromatic nitrogens is 1. The van der Waals surface area contributed by atoms with E-state index >= 15 is 0 Å². The smallest absolute Gasteiger partial charge is 0.323 e. The molecule has 2 N–H and O–H groups in total. The lowest BCUT2D eigenvalue weighted by Gasteiger charge is -2.09. The van der Waals surface area contributed by atoms with Crippen LogP contribution in [0.4, 0.5) is 0 Å². The van der Waals surface area contributed by atoms with E-state index in [0.717, 1.165) is 5.69 Å². The fourth-order valence-electron chi connectivity index (χ4n) is 1.08. The highest BCUT2D eigenvalue weighted by molar-refractivity contribution is 5.85. The molecule has 6 heteroatoms. The van der Waals surface area contributed by atoms with Crippen molar-refractivity contribution in [1.82, 2.24) is 4.98 Å². The van der Waals surface area contributed by atoms with Gasteiger partial charge in [-0.25, -0.2) is 0 Å². The summed E-state index contributed by atoms with van der Waals surface area (Å²) in [7, 11) is 0. The molecule has 0 aliphatic carbocycles. The predicted molar refractivity (Wildman–Crippen MR) is 67.0 cm³/mol. The zero-order chi connectivity index (χ0) is 10.4. The van der Waals surface area contributed by atoms with Crippen LogP contribution in [0.2, 0.25) is 0 Å². The molecule has 0 radical (unpaired) electrons. The third-order valence-corrected chi connectivity index (χ3v) is 1.74. The number of nitrogens with two attached hydrogens (primary N) is 1. The Morgan fingerprint density at radius 1 is 1.50 bits per heavy atom. The van der Waals surface area contributed by atoms with E-state index in [1.54, 1.807) is 13.1 Å². The summed E-state index contributed by atoms with van der Waals surface area (Å²) in [5.41, 5.74) is 6.42. The number of nitrogens with zero attached hydrogens (tertiary/aromatic N) is 1. The van der Waals surface area contributed by atoms with Gasteiger partial charge >= 0.3 is 5.97 Å². The Morgan fingerprint density at radius 2 is 2.19 bits per heavy atom. The first-order chi connectivity index (χ1) is 6.74. The second-order valence-corrected chi connectivity index (χ2v) is 2.88. The number of hydrogen-bond donors (Lipinski definition) is 1. The molecule has 0 aliphatic rings. The zero-order valence-electron chi connectivity index (χ0n) is 8.96. The summed E-state index contributed by atoms with van der Waals surface area (Å²) in [6, 6.07) is 4.89. The molecule has 1 aromatic rings. The van der Waals surface area contributed by atoms with Gasteiger partial charge in [-0.15, -0.1) is 24.8 Å². The van der Waals surface area contributed by atoms with Crippen LogP contribution in [0, 0.1) is 0 Å². The van der Waals surface area contributed by atoms with Crippen molar-refractivity contribution in [2.75, 3.05) is 6.61 Å². The van der Waals surface area contributed by atoms with Crippen molar-refractivity contribution in [1.29, 1.82) is 0 Å². The van der Waals surface area contributed by atoms with Crippen molar-refractivity contribution in [2.24, 2.45) is 5.73 Å². The van der Waals surface area contributed by atoms with Crippen molar-refractivity contribution in [3.05, 3.63) is 30.1 Å². The third-order valence-electron chi connectivity index (χ3n) is 1.74. The molecule has 0 fully saturated rings. The van der Waals surface area contributed by atoms with Crippen molar-refractivity contribution in [3.63, 3.8) is 0 Å². The van der Waals surface area contributed by atoms with Gasteiger partial charge < -0.3 is 10.5 Å². The molecule has 4 nitrogen and oxygen atoms in total. The molecular formula is C10H16Cl2N2O2. The molecule has 0 aromatic carbocycles. The maximum absolute atomic E-state index is 11.2. The zero-order valence-corrected chi connectivity index (χ0v) is 10.6. The molecule has 0 bridgehead atoms. The largest absolute Gasteiger partial charge is 0.465 e. The van der Waals surface area contributed by atoms with Gasteiger partial charge in [0.05, 0.1) is 6.61 Å². The lowest BCUT2D eigenvalue weighted by molar-refractivity contribution is -0.144. The van der Waals surface area contributed by atoms with Crippen molar-refractivity contribution in [3.8, 4) is 0 Å². The van der Waals surface area contributed by atoms with E-state index < -0.39 is 6.04 Å². The summed E-state index contributed by atoms with van der Waals surface area (Å²) in [4.78, 5) is 15.2. The van der Waals surface area contributed by atoms with Gasteiger partial charge in [0.1, 0.15) is 6.04 Å². The molecule has 1 heterocycles. The van der Waals surface area contributed by atoms with Gasteiger partial charge in [-0.2, -0.15) is 0 Å². The van der Waals surface area contributed by atoms with E-state index in [-0.39, 0.29) is 30.8 Å². The lowest BCUT2D eigenvalue weighted by atomic mass is 10.1. The van der Waals surface area contributed by atoms with Crippen LogP contribution in [0.25, 0.3) is 0 Å². The van der Waals surface area contributed by atoms with Crippen LogP contribution in [-0.2, 0) is 16.0 Å². The minimum Gasteiger partial charge on any atom is -0.465 e. The number of pyridine rings is 1. The first-order valence-corrected chi connectivity index (χ1v) is 4.56. The second kappa shape index (κ2) is 9.39. The Hall–Kier alpha value is -0.840. The maximum Gasteiger partial charge on any atom is 0.323 e. The quantitative estimate of drug-likeness (QED) is 0.836. The van der Waals surface area contributed by atoms with Crippen LogP contribution in [0.5, 0.6) is 0 Å². The summed E-state index contributed by atoms with van der Waals surface area (Å²) in [6.45, 7) is 2.11. The van der Waals surface area contributed by atoms with Crippen LogP contribution in [0.3, 0.4) is 0 Å². The molecule has 0 spiro atoms. The minimum absolute atomic E-state index is 0. The van der Waals surface area contributed by atoms with Gasteiger partial charge in [-0.1, -0.05) is 6.07 Å². The summed E-state index contributed by atoms with van der Waals surface area (Å²) in [5, 5.41) is 0. The van der Waals surface area contributed by atoms with Crippen LogP contribution in [0.1, 0.15) is 12.6 Å². The van der Waals surface area contributed by atoms with Crippen LogP contribution >= 0.6 is 24.8 Å². The number of hydrogen-bond acceptors (Lipinski definition) is 4. The van der Waals surface area contributed by atoms with Gasteiger partial charge in [-0.3, -0.25) is 9.78 Å². The number of esters is 1. The van der Waals surface area contributed by atoms with E-state index in [1.165, 1.54) is 0 Å². The summed E-state index contributed by atoms with van der Waals surface area (Å²) < 4.78 is 4.78. The number of ether oxygens (including phenoxy) is 1. The number of carbonyl (C=O) groups excluding carboxylic acids is 1. The number of carbonyl (C=O) groups is 1. The van der Waals surface area contributed by atoms with Crippen molar-refractivity contribution < 1.29 is 9.53 Å². The third kappa shape index (κ3) is 5.90. The van der Waals surface area contributed by atoms with Crippen LogP contribution in [-0.4, -0.2) is 23.6 Å². The molecule has 0 aliphatic heterocycles. The Morgan fingerprint density at radius 3 is 2.69 bits per heavy atom. The minimum atomic E-state index is -0.621. The SMILES string of the molecule is CCOC(=O)[C@H](N)Cc1ccccn1.Cl.Cl. The van der Waals surface area contributed by atoms with Gasteiger partial charge in [0.25, 0.3) is 0 Å². The van der Waals surface area contributed by atoms with Gasteiger partial charge in [0.2, 0.25) is 0 Å². The second-order valence-electron chi connectivity index (χ2n) is 2.88. The first-order valence-electron chi connectivity index (χ1n) is 4.56. The normalized spacial score (nSPS) is 10.6. The molecule has 1 rings (SSSR count). The highest BCUT2D eigenvalue weighted by Gasteiger charge is 2.15. The molecule has 0 saturated carbocycles. The van der Waals surface area contributed by atoms with Gasteiger partial charge in [-0.05, 0) is 19.1 Å². The standard InChI is InChI=1S/C10H14N2O2.2ClH/c1-2-14-10(13)9(11)7-8-5-3-4-6-12-8;;/h3-6,9H,2,7,11H2,1H3;2*1H/t9-;;/m1../s1. The first kappa shape index (κ1) is 17.6. The van der Waals surface area contributed by atoms with E-state index in [1.807, 2.05) is 18.2 Å². The molecule has 0 amide bonds. The Bertz CT molecular complexity index is 296. The average molecular weight is 267 g/mol. The van der Waals surface area contributed by atoms with Gasteiger partial charge in [0, 0.05) is 18.3 Å². The highest BCUT2D eigenvalue weighted by atomic mass is 35.5. The Balaban J connectivity index is 0. The molecule has 16 heavy (non-hydrogen) atoms. The Labute approximate surface area is 107 Å². The van der Waals surface area contributed by atoms with E-state index in [0.29, 0.717) is 13.0 Å². The van der Waals surface area contributed by atoms with Gasteiger partial charge in [0.15, 0.2) is 0 Å². The molecular weight excluding hydrogens is 251 g/mol. The maximum atomic E-state index is 11.2. The topological polar surface area (TPSA) is 65.2 Å². The number of halogens is 2. The predicted octanol–water partition coefficient (Wildman–Crippen LogP) is 1.36. The van der Waals surface area contributed by atoms with Crippen molar-refractivity contribution in [2.45, 2.75) is 19.4 Å². The van der Waals surface area contributed by atoms with Crippen molar-refractivity contribution >= 4 is 30.8 Å². The lowest BCUT2D eigenvalue weighted by Crippen LogP contribution is -2.34. The molecule has 1 atom stereocenters. The molecule has 1 aromatic heterocycles.